The second kappa shape index (κ2) is 7.59. The molecule has 1 N–H and O–H groups in total. The van der Waals surface area contributed by atoms with Crippen LogP contribution in [0.1, 0.15) is 21.8 Å². The van der Waals surface area contributed by atoms with Crippen molar-refractivity contribution in [3.8, 4) is 0 Å². The number of thiazole rings is 1. The number of halogens is 2. The van der Waals surface area contributed by atoms with Gasteiger partial charge in [0.05, 0.1) is 20.8 Å². The number of aromatic nitrogens is 1. The van der Waals surface area contributed by atoms with Crippen molar-refractivity contribution in [3.05, 3.63) is 61.6 Å². The highest BCUT2D eigenvalue weighted by atomic mass is 127. The summed E-state index contributed by atoms with van der Waals surface area (Å²) in [5, 5.41) is 4.63. The molecular formula is C17H14ClIN2OS. The Labute approximate surface area is 157 Å². The average Bonchev–Trinajstić information content (AvgIpc) is 2.96. The zero-order chi connectivity index (χ0) is 16.2. The SMILES string of the molecule is O=C(NCCCc1nc2ccccc2s1)c1cc(Cl)ccc1I. The molecule has 0 aliphatic rings. The Bertz CT molecular complexity index is 816. The van der Waals surface area contributed by atoms with E-state index in [0.717, 1.165) is 26.9 Å². The third-order valence-electron chi connectivity index (χ3n) is 3.36. The summed E-state index contributed by atoms with van der Waals surface area (Å²) in [5.41, 5.74) is 1.67. The quantitative estimate of drug-likeness (QED) is 0.437. The van der Waals surface area contributed by atoms with Crippen molar-refractivity contribution in [2.75, 3.05) is 6.54 Å². The molecule has 23 heavy (non-hydrogen) atoms. The van der Waals surface area contributed by atoms with Gasteiger partial charge in [-0.1, -0.05) is 23.7 Å². The number of amides is 1. The van der Waals surface area contributed by atoms with E-state index < -0.39 is 0 Å². The van der Waals surface area contributed by atoms with Gasteiger partial charge in [-0.05, 0) is 59.3 Å². The molecule has 3 rings (SSSR count). The van der Waals surface area contributed by atoms with Gasteiger partial charge in [0.1, 0.15) is 0 Å². The molecule has 3 nitrogen and oxygen atoms in total. The van der Waals surface area contributed by atoms with Gasteiger partial charge in [0.15, 0.2) is 0 Å². The number of para-hydroxylation sites is 1. The van der Waals surface area contributed by atoms with Crippen molar-refractivity contribution in [2.45, 2.75) is 12.8 Å². The van der Waals surface area contributed by atoms with Crippen LogP contribution in [-0.2, 0) is 6.42 Å². The number of nitrogens with zero attached hydrogens (tertiary/aromatic N) is 1. The van der Waals surface area contributed by atoms with Crippen LogP contribution in [0.2, 0.25) is 5.02 Å². The van der Waals surface area contributed by atoms with Crippen molar-refractivity contribution >= 4 is 61.7 Å². The number of hydrogen-bond donors (Lipinski definition) is 1. The molecule has 0 spiro atoms. The van der Waals surface area contributed by atoms with E-state index in [9.17, 15) is 4.79 Å². The van der Waals surface area contributed by atoms with Gasteiger partial charge in [0.25, 0.3) is 5.91 Å². The predicted octanol–water partition coefficient (Wildman–Crippen LogP) is 4.92. The fourth-order valence-corrected chi connectivity index (χ4v) is 4.00. The van der Waals surface area contributed by atoms with Gasteiger partial charge in [-0.2, -0.15) is 0 Å². The molecule has 2 aromatic carbocycles. The van der Waals surface area contributed by atoms with Gasteiger partial charge in [-0.25, -0.2) is 4.98 Å². The van der Waals surface area contributed by atoms with Crippen molar-refractivity contribution in [3.63, 3.8) is 0 Å². The zero-order valence-electron chi connectivity index (χ0n) is 12.2. The molecule has 0 fully saturated rings. The van der Waals surface area contributed by atoms with Gasteiger partial charge in [-0.15, -0.1) is 11.3 Å². The van der Waals surface area contributed by atoms with Crippen LogP contribution in [0.15, 0.2) is 42.5 Å². The van der Waals surface area contributed by atoms with E-state index in [1.807, 2.05) is 24.3 Å². The first-order chi connectivity index (χ1) is 11.1. The van der Waals surface area contributed by atoms with E-state index in [-0.39, 0.29) is 5.91 Å². The maximum Gasteiger partial charge on any atom is 0.252 e. The second-order valence-corrected chi connectivity index (χ2v) is 7.77. The highest BCUT2D eigenvalue weighted by Gasteiger charge is 2.10. The molecule has 0 unspecified atom stereocenters. The zero-order valence-corrected chi connectivity index (χ0v) is 15.9. The Morgan fingerprint density at radius 2 is 2.09 bits per heavy atom. The molecule has 0 atom stereocenters. The summed E-state index contributed by atoms with van der Waals surface area (Å²) in [6, 6.07) is 13.5. The average molecular weight is 457 g/mol. The maximum atomic E-state index is 12.2. The minimum atomic E-state index is -0.0822. The van der Waals surface area contributed by atoms with Gasteiger partial charge in [0, 0.05) is 21.6 Å². The first kappa shape index (κ1) is 16.7. The molecule has 0 saturated carbocycles. The standard InChI is InChI=1S/C17H14ClIN2OS/c18-11-7-8-13(19)12(10-11)17(22)20-9-3-6-16-21-14-4-1-2-5-15(14)23-16/h1-2,4-5,7-8,10H,3,6,9H2,(H,20,22). The summed E-state index contributed by atoms with van der Waals surface area (Å²) in [7, 11) is 0. The second-order valence-electron chi connectivity index (χ2n) is 5.06. The molecule has 0 radical (unpaired) electrons. The van der Waals surface area contributed by atoms with Crippen molar-refractivity contribution in [2.24, 2.45) is 0 Å². The molecule has 0 aliphatic carbocycles. The minimum absolute atomic E-state index is 0.0822. The smallest absolute Gasteiger partial charge is 0.252 e. The third-order valence-corrected chi connectivity index (χ3v) is 5.64. The van der Waals surface area contributed by atoms with Crippen LogP contribution in [0.3, 0.4) is 0 Å². The van der Waals surface area contributed by atoms with E-state index in [1.165, 1.54) is 4.70 Å². The van der Waals surface area contributed by atoms with Crippen molar-refractivity contribution in [1.82, 2.24) is 10.3 Å². The molecule has 118 valence electrons. The topological polar surface area (TPSA) is 42.0 Å². The van der Waals surface area contributed by atoms with Crippen LogP contribution in [0.4, 0.5) is 0 Å². The van der Waals surface area contributed by atoms with E-state index in [0.29, 0.717) is 17.1 Å². The van der Waals surface area contributed by atoms with E-state index in [4.69, 9.17) is 11.6 Å². The maximum absolute atomic E-state index is 12.2. The molecule has 1 amide bonds. The first-order valence-corrected chi connectivity index (χ1v) is 9.48. The Hall–Kier alpha value is -1.18. The van der Waals surface area contributed by atoms with Crippen molar-refractivity contribution < 1.29 is 4.79 Å². The largest absolute Gasteiger partial charge is 0.352 e. The number of hydrogen-bond acceptors (Lipinski definition) is 3. The Morgan fingerprint density at radius 3 is 2.91 bits per heavy atom. The highest BCUT2D eigenvalue weighted by Crippen LogP contribution is 2.22. The highest BCUT2D eigenvalue weighted by molar-refractivity contribution is 14.1. The minimum Gasteiger partial charge on any atom is -0.352 e. The summed E-state index contributed by atoms with van der Waals surface area (Å²) in [6.45, 7) is 0.622. The number of carbonyl (C=O) groups excluding carboxylic acids is 1. The number of aryl methyl sites for hydroxylation is 1. The molecule has 1 aromatic heterocycles. The molecule has 0 bridgehead atoms. The van der Waals surface area contributed by atoms with Crippen LogP contribution >= 0.6 is 45.5 Å². The molecular weight excluding hydrogens is 443 g/mol. The Kier molecular flexibility index (Phi) is 5.50. The summed E-state index contributed by atoms with van der Waals surface area (Å²) in [4.78, 5) is 16.8. The summed E-state index contributed by atoms with van der Waals surface area (Å²) in [6.07, 6.45) is 1.73. The summed E-state index contributed by atoms with van der Waals surface area (Å²) >= 11 is 9.81. The predicted molar refractivity (Wildman–Crippen MR) is 104 cm³/mol. The fraction of sp³-hybridized carbons (Fsp3) is 0.176. The van der Waals surface area contributed by atoms with Gasteiger partial charge >= 0.3 is 0 Å². The fourth-order valence-electron chi connectivity index (χ4n) is 2.24. The van der Waals surface area contributed by atoms with Crippen LogP contribution in [0.5, 0.6) is 0 Å². The Balaban J connectivity index is 1.53. The van der Waals surface area contributed by atoms with E-state index >= 15 is 0 Å². The third kappa shape index (κ3) is 4.22. The van der Waals surface area contributed by atoms with Crippen LogP contribution in [0, 0.1) is 3.57 Å². The summed E-state index contributed by atoms with van der Waals surface area (Å²) < 4.78 is 2.11. The number of nitrogens with one attached hydrogen (secondary N) is 1. The lowest BCUT2D eigenvalue weighted by molar-refractivity contribution is 0.0952. The lowest BCUT2D eigenvalue weighted by atomic mass is 10.2. The Morgan fingerprint density at radius 1 is 1.26 bits per heavy atom. The van der Waals surface area contributed by atoms with E-state index in [1.54, 1.807) is 23.5 Å². The van der Waals surface area contributed by atoms with Gasteiger partial charge in [0.2, 0.25) is 0 Å². The monoisotopic (exact) mass is 456 g/mol. The molecule has 0 saturated heterocycles. The molecule has 1 heterocycles. The lowest BCUT2D eigenvalue weighted by Crippen LogP contribution is -2.25. The van der Waals surface area contributed by atoms with Crippen LogP contribution in [0.25, 0.3) is 10.2 Å². The lowest BCUT2D eigenvalue weighted by Gasteiger charge is -2.06. The number of rotatable bonds is 5. The van der Waals surface area contributed by atoms with Crippen molar-refractivity contribution in [1.29, 1.82) is 0 Å². The number of benzene rings is 2. The summed E-state index contributed by atoms with van der Waals surface area (Å²) in [5.74, 6) is -0.0822. The first-order valence-electron chi connectivity index (χ1n) is 7.21. The molecule has 3 aromatic rings. The van der Waals surface area contributed by atoms with Gasteiger partial charge in [-0.3, -0.25) is 4.79 Å². The number of carbonyl (C=O) groups is 1. The number of fused-ring (bicyclic) bond motifs is 1. The van der Waals surface area contributed by atoms with Crippen LogP contribution < -0.4 is 5.32 Å². The molecule has 0 aliphatic heterocycles. The van der Waals surface area contributed by atoms with E-state index in [2.05, 4.69) is 39.0 Å². The van der Waals surface area contributed by atoms with Crippen LogP contribution in [-0.4, -0.2) is 17.4 Å². The normalized spacial score (nSPS) is 10.9. The molecule has 6 heteroatoms. The van der Waals surface area contributed by atoms with Gasteiger partial charge < -0.3 is 5.32 Å².